The van der Waals surface area contributed by atoms with E-state index in [9.17, 15) is 29.9 Å². The highest BCUT2D eigenvalue weighted by atomic mass is 16.6. The van der Waals surface area contributed by atoms with Crippen LogP contribution in [0.3, 0.4) is 0 Å². The predicted molar refractivity (Wildman–Crippen MR) is 109 cm³/mol. The molecule has 0 aliphatic carbocycles. The molecular formula is C22H20N2O7. The van der Waals surface area contributed by atoms with E-state index in [4.69, 9.17) is 4.74 Å². The van der Waals surface area contributed by atoms with Gasteiger partial charge in [-0.05, 0) is 30.5 Å². The van der Waals surface area contributed by atoms with Gasteiger partial charge in [0.2, 0.25) is 0 Å². The summed E-state index contributed by atoms with van der Waals surface area (Å²) in [6.07, 6.45) is 1.37. The number of ketones is 1. The molecule has 2 atom stereocenters. The van der Waals surface area contributed by atoms with Gasteiger partial charge in [0, 0.05) is 30.8 Å². The first kappa shape index (κ1) is 20.5. The number of non-ortho nitro benzene ring substituents is 1. The number of Topliss-reactive ketones (excluding diaryl/α,β-unsaturated/α-hetero) is 1. The van der Waals surface area contributed by atoms with Crippen molar-refractivity contribution in [3.63, 3.8) is 0 Å². The Kier molecular flexibility index (Phi) is 5.43. The number of amides is 1. The zero-order valence-electron chi connectivity index (χ0n) is 16.4. The molecule has 2 aliphatic heterocycles. The van der Waals surface area contributed by atoms with E-state index in [-0.39, 0.29) is 35.2 Å². The molecule has 0 saturated carbocycles. The van der Waals surface area contributed by atoms with Gasteiger partial charge < -0.3 is 19.8 Å². The minimum atomic E-state index is -0.913. The summed E-state index contributed by atoms with van der Waals surface area (Å²) in [5, 5.41) is 31.7. The lowest BCUT2D eigenvalue weighted by Gasteiger charge is -2.27. The fourth-order valence-corrected chi connectivity index (χ4v) is 4.00. The van der Waals surface area contributed by atoms with E-state index in [0.717, 1.165) is 18.9 Å². The van der Waals surface area contributed by atoms with Gasteiger partial charge in [0.05, 0.1) is 22.6 Å². The minimum absolute atomic E-state index is 0.0125. The van der Waals surface area contributed by atoms with Crippen molar-refractivity contribution < 1.29 is 29.5 Å². The first-order chi connectivity index (χ1) is 14.9. The van der Waals surface area contributed by atoms with Gasteiger partial charge in [0.15, 0.2) is 0 Å². The summed E-state index contributed by atoms with van der Waals surface area (Å²) in [6.45, 7) is 0.744. The molecule has 2 fully saturated rings. The van der Waals surface area contributed by atoms with Crippen LogP contribution in [0.25, 0.3) is 5.76 Å². The lowest BCUT2D eigenvalue weighted by Crippen LogP contribution is -2.36. The number of carbonyl (C=O) groups is 2. The third-order valence-electron chi connectivity index (χ3n) is 5.50. The van der Waals surface area contributed by atoms with Gasteiger partial charge in [-0.3, -0.25) is 19.7 Å². The van der Waals surface area contributed by atoms with Crippen LogP contribution in [0.2, 0.25) is 0 Å². The third kappa shape index (κ3) is 3.87. The quantitative estimate of drug-likeness (QED) is 0.248. The van der Waals surface area contributed by atoms with Crippen LogP contribution >= 0.6 is 0 Å². The van der Waals surface area contributed by atoms with Crippen LogP contribution in [-0.2, 0) is 14.3 Å². The maximum atomic E-state index is 12.9. The van der Waals surface area contributed by atoms with Gasteiger partial charge in [-0.1, -0.05) is 24.3 Å². The molecule has 4 rings (SSSR count). The lowest BCUT2D eigenvalue weighted by atomic mass is 9.95. The van der Waals surface area contributed by atoms with Crippen molar-refractivity contribution in [2.24, 2.45) is 0 Å². The highest BCUT2D eigenvalue weighted by Gasteiger charge is 2.47. The largest absolute Gasteiger partial charge is 0.508 e. The van der Waals surface area contributed by atoms with Gasteiger partial charge in [0.25, 0.3) is 17.4 Å². The summed E-state index contributed by atoms with van der Waals surface area (Å²) in [7, 11) is 0. The Bertz CT molecular complexity index is 1070. The van der Waals surface area contributed by atoms with Gasteiger partial charge in [0.1, 0.15) is 11.5 Å². The summed E-state index contributed by atoms with van der Waals surface area (Å²) < 4.78 is 5.63. The molecule has 0 aromatic heterocycles. The van der Waals surface area contributed by atoms with Crippen molar-refractivity contribution in [3.05, 3.63) is 75.3 Å². The van der Waals surface area contributed by atoms with E-state index in [1.165, 1.54) is 35.2 Å². The molecule has 9 nitrogen and oxygen atoms in total. The maximum absolute atomic E-state index is 12.9. The van der Waals surface area contributed by atoms with E-state index in [2.05, 4.69) is 0 Å². The molecule has 0 spiro atoms. The van der Waals surface area contributed by atoms with Crippen molar-refractivity contribution in [2.75, 3.05) is 13.2 Å². The predicted octanol–water partition coefficient (Wildman–Crippen LogP) is 2.90. The molecule has 0 bridgehead atoms. The third-order valence-corrected chi connectivity index (χ3v) is 5.50. The Morgan fingerprint density at radius 2 is 1.94 bits per heavy atom. The maximum Gasteiger partial charge on any atom is 0.295 e. The molecule has 31 heavy (non-hydrogen) atoms. The number of hydrogen-bond acceptors (Lipinski definition) is 7. The average molecular weight is 424 g/mol. The molecule has 2 N–H and O–H groups in total. The van der Waals surface area contributed by atoms with Crippen LogP contribution in [0.4, 0.5) is 5.69 Å². The van der Waals surface area contributed by atoms with Crippen molar-refractivity contribution >= 4 is 23.1 Å². The Labute approximate surface area is 177 Å². The number of aliphatic hydroxyl groups excluding tert-OH is 1. The fourth-order valence-electron chi connectivity index (χ4n) is 4.00. The van der Waals surface area contributed by atoms with E-state index >= 15 is 0 Å². The van der Waals surface area contributed by atoms with Crippen LogP contribution in [-0.4, -0.2) is 51.0 Å². The van der Waals surface area contributed by atoms with Crippen LogP contribution in [0.1, 0.15) is 30.0 Å². The van der Waals surface area contributed by atoms with Gasteiger partial charge in [-0.25, -0.2) is 0 Å². The van der Waals surface area contributed by atoms with E-state index in [1.807, 2.05) is 0 Å². The lowest BCUT2D eigenvalue weighted by molar-refractivity contribution is -0.384. The van der Waals surface area contributed by atoms with Gasteiger partial charge >= 0.3 is 0 Å². The Balaban J connectivity index is 1.83. The average Bonchev–Trinajstić information content (AvgIpc) is 3.36. The number of aliphatic hydroxyl groups is 1. The molecular weight excluding hydrogens is 404 g/mol. The number of nitro benzene ring substituents is 1. The second-order valence-electron chi connectivity index (χ2n) is 7.49. The number of nitrogens with zero attached hydrogens (tertiary/aromatic N) is 2. The summed E-state index contributed by atoms with van der Waals surface area (Å²) in [5.41, 5.74) is 0.170. The topological polar surface area (TPSA) is 130 Å². The number of likely N-dealkylation sites (tertiary alicyclic amines) is 1. The Morgan fingerprint density at radius 1 is 1.19 bits per heavy atom. The van der Waals surface area contributed by atoms with Gasteiger partial charge in [-0.2, -0.15) is 0 Å². The number of benzene rings is 2. The first-order valence-electron chi connectivity index (χ1n) is 9.80. The second-order valence-corrected chi connectivity index (χ2v) is 7.49. The molecule has 2 heterocycles. The zero-order chi connectivity index (χ0) is 22.1. The summed E-state index contributed by atoms with van der Waals surface area (Å²) in [6, 6.07) is 10.3. The summed E-state index contributed by atoms with van der Waals surface area (Å²) in [5.74, 6) is -2.13. The normalized spacial score (nSPS) is 22.8. The van der Waals surface area contributed by atoms with Crippen LogP contribution in [0.5, 0.6) is 5.75 Å². The molecule has 2 aromatic carbocycles. The fraction of sp³-hybridized carbons (Fsp3) is 0.273. The van der Waals surface area contributed by atoms with Crippen molar-refractivity contribution in [2.45, 2.75) is 25.0 Å². The molecule has 1 amide bonds. The van der Waals surface area contributed by atoms with Gasteiger partial charge in [-0.15, -0.1) is 0 Å². The zero-order valence-corrected chi connectivity index (χ0v) is 16.4. The smallest absolute Gasteiger partial charge is 0.295 e. The monoisotopic (exact) mass is 424 g/mol. The molecule has 2 saturated heterocycles. The number of nitro groups is 1. The number of phenols is 1. The minimum Gasteiger partial charge on any atom is -0.508 e. The number of carbonyl (C=O) groups excluding carboxylic acids is 2. The van der Waals surface area contributed by atoms with Crippen LogP contribution in [0.15, 0.2) is 54.1 Å². The Morgan fingerprint density at radius 3 is 2.58 bits per heavy atom. The van der Waals surface area contributed by atoms with Crippen molar-refractivity contribution in [3.8, 4) is 5.75 Å². The van der Waals surface area contributed by atoms with E-state index in [0.29, 0.717) is 12.2 Å². The number of phenolic OH excluding ortho intramolecular Hbond substituents is 1. The number of hydrogen-bond donors (Lipinski definition) is 2. The molecule has 2 unspecified atom stereocenters. The van der Waals surface area contributed by atoms with E-state index in [1.54, 1.807) is 12.1 Å². The number of aromatic hydroxyl groups is 1. The second kappa shape index (κ2) is 8.19. The summed E-state index contributed by atoms with van der Waals surface area (Å²) >= 11 is 0. The highest BCUT2D eigenvalue weighted by Crippen LogP contribution is 2.40. The molecule has 0 radical (unpaired) electrons. The SMILES string of the molecule is O=C1C(=O)N(CC2CCCO2)C(c2ccc(O)cc2)/C1=C(/O)c1cccc([N+](=O)[O-])c1. The number of ether oxygens (including phenoxy) is 1. The highest BCUT2D eigenvalue weighted by molar-refractivity contribution is 6.46. The molecule has 2 aromatic rings. The standard InChI is InChI=1S/C22H20N2O7/c25-16-8-6-13(7-9-16)19-18(20(26)14-3-1-4-15(11-14)24(29)30)21(27)22(28)23(19)12-17-5-2-10-31-17/h1,3-4,6-9,11,17,19,25-26H,2,5,10,12H2/b20-18-. The van der Waals surface area contributed by atoms with Crippen LogP contribution < -0.4 is 0 Å². The van der Waals surface area contributed by atoms with Crippen molar-refractivity contribution in [1.82, 2.24) is 4.90 Å². The molecule has 2 aliphatic rings. The molecule has 9 heteroatoms. The Hall–Kier alpha value is -3.72. The first-order valence-corrected chi connectivity index (χ1v) is 9.80. The van der Waals surface area contributed by atoms with Crippen molar-refractivity contribution in [1.29, 1.82) is 0 Å². The number of rotatable bonds is 5. The van der Waals surface area contributed by atoms with E-state index < -0.39 is 28.4 Å². The van der Waals surface area contributed by atoms with Crippen LogP contribution in [0, 0.1) is 10.1 Å². The molecule has 160 valence electrons. The summed E-state index contributed by atoms with van der Waals surface area (Å²) in [4.78, 5) is 37.7.